The smallest absolute Gasteiger partial charge is 0.133 e. The lowest BCUT2D eigenvalue weighted by atomic mass is 9.60. The summed E-state index contributed by atoms with van der Waals surface area (Å²) < 4.78 is 0. The Hall–Kier alpha value is -0.330. The molecule has 2 bridgehead atoms. The Morgan fingerprint density at radius 1 is 1.11 bits per heavy atom. The third-order valence-corrected chi connectivity index (χ3v) is 7.41. The standard InChI is InChI=1S/C17H28O/c1-10-6-7-15-16(4,5)14-9-17(10,15)8-13(11(14)2)12(3)18/h10-11,13-15H,6-9H2,1-5H3. The van der Waals surface area contributed by atoms with Crippen molar-refractivity contribution in [3.63, 3.8) is 0 Å². The van der Waals surface area contributed by atoms with Gasteiger partial charge in [0.05, 0.1) is 0 Å². The second-order valence-electron chi connectivity index (χ2n) is 8.18. The second kappa shape index (κ2) is 3.61. The molecule has 6 atom stereocenters. The van der Waals surface area contributed by atoms with E-state index in [9.17, 15) is 4.79 Å². The van der Waals surface area contributed by atoms with E-state index in [1.165, 1.54) is 25.7 Å². The lowest BCUT2D eigenvalue weighted by Gasteiger charge is -2.43. The van der Waals surface area contributed by atoms with Gasteiger partial charge in [0.15, 0.2) is 0 Å². The molecule has 0 aromatic heterocycles. The van der Waals surface area contributed by atoms with Crippen molar-refractivity contribution in [3.8, 4) is 0 Å². The average molecular weight is 248 g/mol. The van der Waals surface area contributed by atoms with E-state index in [4.69, 9.17) is 0 Å². The van der Waals surface area contributed by atoms with Crippen LogP contribution in [0.25, 0.3) is 0 Å². The highest BCUT2D eigenvalue weighted by Gasteiger charge is 2.66. The molecule has 0 heterocycles. The summed E-state index contributed by atoms with van der Waals surface area (Å²) in [6.07, 6.45) is 5.38. The molecule has 0 aromatic rings. The SMILES string of the molecule is CC(=O)C1CC23CC(C1C)C(C)(C)C2CCC3C. The third-order valence-electron chi connectivity index (χ3n) is 7.41. The van der Waals surface area contributed by atoms with Gasteiger partial charge in [0, 0.05) is 5.92 Å². The summed E-state index contributed by atoms with van der Waals surface area (Å²) in [6, 6.07) is 0. The Kier molecular flexibility index (Phi) is 2.55. The normalized spacial score (nSPS) is 53.3. The van der Waals surface area contributed by atoms with Gasteiger partial charge in [-0.25, -0.2) is 0 Å². The van der Waals surface area contributed by atoms with Crippen LogP contribution in [0.15, 0.2) is 0 Å². The molecule has 1 spiro atoms. The number of carbonyl (C=O) groups excluding carboxylic acids is 1. The topological polar surface area (TPSA) is 17.1 Å². The number of hydrogen-bond donors (Lipinski definition) is 0. The highest BCUT2D eigenvalue weighted by molar-refractivity contribution is 5.79. The lowest BCUT2D eigenvalue weighted by molar-refractivity contribution is -0.126. The maximum absolute atomic E-state index is 12.0. The van der Waals surface area contributed by atoms with Crippen molar-refractivity contribution in [3.05, 3.63) is 0 Å². The van der Waals surface area contributed by atoms with E-state index in [0.29, 0.717) is 28.4 Å². The van der Waals surface area contributed by atoms with Crippen molar-refractivity contribution in [2.75, 3.05) is 0 Å². The van der Waals surface area contributed by atoms with Crippen LogP contribution in [0.1, 0.15) is 60.3 Å². The lowest BCUT2D eigenvalue weighted by Crippen LogP contribution is -2.39. The molecule has 6 unspecified atom stereocenters. The molecule has 3 aliphatic rings. The Balaban J connectivity index is 2.06. The fourth-order valence-corrected chi connectivity index (χ4v) is 6.40. The van der Waals surface area contributed by atoms with Crippen molar-refractivity contribution in [1.82, 2.24) is 0 Å². The largest absolute Gasteiger partial charge is 0.300 e. The predicted octanol–water partition coefficient (Wildman–Crippen LogP) is 4.31. The van der Waals surface area contributed by atoms with Crippen molar-refractivity contribution in [2.45, 2.75) is 60.3 Å². The molecule has 0 saturated heterocycles. The molecule has 3 aliphatic carbocycles. The van der Waals surface area contributed by atoms with Crippen LogP contribution in [0.3, 0.4) is 0 Å². The van der Waals surface area contributed by atoms with Gasteiger partial charge in [-0.05, 0) is 67.1 Å². The minimum Gasteiger partial charge on any atom is -0.300 e. The van der Waals surface area contributed by atoms with E-state index in [2.05, 4.69) is 27.7 Å². The van der Waals surface area contributed by atoms with E-state index in [1.54, 1.807) is 0 Å². The molecular formula is C17H28O. The first kappa shape index (κ1) is 12.7. The fourth-order valence-electron chi connectivity index (χ4n) is 6.40. The zero-order valence-corrected chi connectivity index (χ0v) is 12.6. The average Bonchev–Trinajstić information content (AvgIpc) is 2.68. The maximum atomic E-state index is 12.0. The first-order chi connectivity index (χ1) is 8.30. The molecule has 3 fully saturated rings. The Bertz CT molecular complexity index is 383. The van der Waals surface area contributed by atoms with E-state index in [-0.39, 0.29) is 0 Å². The summed E-state index contributed by atoms with van der Waals surface area (Å²) >= 11 is 0. The zero-order valence-electron chi connectivity index (χ0n) is 12.6. The van der Waals surface area contributed by atoms with Gasteiger partial charge in [0.25, 0.3) is 0 Å². The highest BCUT2D eigenvalue weighted by atomic mass is 16.1. The van der Waals surface area contributed by atoms with E-state index < -0.39 is 0 Å². The van der Waals surface area contributed by atoms with Crippen LogP contribution in [-0.4, -0.2) is 5.78 Å². The summed E-state index contributed by atoms with van der Waals surface area (Å²) in [5.74, 6) is 3.86. The second-order valence-corrected chi connectivity index (χ2v) is 8.18. The van der Waals surface area contributed by atoms with Crippen molar-refractivity contribution in [1.29, 1.82) is 0 Å². The number of ketones is 1. The van der Waals surface area contributed by atoms with Gasteiger partial charge in [-0.1, -0.05) is 27.7 Å². The quantitative estimate of drug-likeness (QED) is 0.676. The fraction of sp³-hybridized carbons (Fsp3) is 0.941. The number of carbonyl (C=O) groups is 1. The summed E-state index contributed by atoms with van der Waals surface area (Å²) in [4.78, 5) is 12.0. The van der Waals surface area contributed by atoms with Gasteiger partial charge in [-0.3, -0.25) is 4.79 Å². The number of fused-ring (bicyclic) bond motifs is 1. The zero-order chi connectivity index (χ0) is 13.3. The van der Waals surface area contributed by atoms with Gasteiger partial charge in [-0.2, -0.15) is 0 Å². The van der Waals surface area contributed by atoms with E-state index >= 15 is 0 Å². The van der Waals surface area contributed by atoms with E-state index in [1.807, 2.05) is 6.92 Å². The monoisotopic (exact) mass is 248 g/mol. The van der Waals surface area contributed by atoms with Crippen LogP contribution >= 0.6 is 0 Å². The Labute approximate surface area is 112 Å². The molecule has 3 saturated carbocycles. The summed E-state index contributed by atoms with van der Waals surface area (Å²) in [5.41, 5.74) is 0.964. The van der Waals surface area contributed by atoms with Crippen LogP contribution in [0.2, 0.25) is 0 Å². The van der Waals surface area contributed by atoms with Gasteiger partial charge in [-0.15, -0.1) is 0 Å². The van der Waals surface area contributed by atoms with Crippen LogP contribution < -0.4 is 0 Å². The molecule has 0 amide bonds. The maximum Gasteiger partial charge on any atom is 0.133 e. The first-order valence-electron chi connectivity index (χ1n) is 7.81. The van der Waals surface area contributed by atoms with Crippen LogP contribution in [-0.2, 0) is 4.79 Å². The number of Topliss-reactive ketones (excluding diaryl/α,β-unsaturated/α-hetero) is 1. The summed E-state index contributed by atoms with van der Waals surface area (Å²) in [7, 11) is 0. The molecule has 1 heteroatoms. The molecule has 0 aromatic carbocycles. The molecular weight excluding hydrogens is 220 g/mol. The van der Waals surface area contributed by atoms with Crippen LogP contribution in [0.5, 0.6) is 0 Å². The first-order valence-corrected chi connectivity index (χ1v) is 7.81. The molecule has 0 N–H and O–H groups in total. The van der Waals surface area contributed by atoms with Crippen molar-refractivity contribution < 1.29 is 4.79 Å². The predicted molar refractivity (Wildman–Crippen MR) is 74.2 cm³/mol. The minimum absolute atomic E-state index is 0.341. The van der Waals surface area contributed by atoms with Crippen molar-refractivity contribution >= 4 is 5.78 Å². The molecule has 102 valence electrons. The highest BCUT2D eigenvalue weighted by Crippen LogP contribution is 2.73. The minimum atomic E-state index is 0.341. The van der Waals surface area contributed by atoms with Gasteiger partial charge in [0.2, 0.25) is 0 Å². The van der Waals surface area contributed by atoms with Gasteiger partial charge >= 0.3 is 0 Å². The Morgan fingerprint density at radius 3 is 2.39 bits per heavy atom. The van der Waals surface area contributed by atoms with Crippen molar-refractivity contribution in [2.24, 2.45) is 40.4 Å². The van der Waals surface area contributed by atoms with E-state index in [0.717, 1.165) is 17.8 Å². The number of rotatable bonds is 1. The number of hydrogen-bond acceptors (Lipinski definition) is 1. The summed E-state index contributed by atoms with van der Waals surface area (Å²) in [5, 5.41) is 0. The summed E-state index contributed by atoms with van der Waals surface area (Å²) in [6.45, 7) is 11.6. The third kappa shape index (κ3) is 1.31. The molecule has 3 rings (SSSR count). The molecule has 1 nitrogen and oxygen atoms in total. The molecule has 18 heavy (non-hydrogen) atoms. The molecule has 0 aliphatic heterocycles. The van der Waals surface area contributed by atoms with Crippen LogP contribution in [0, 0.1) is 40.4 Å². The van der Waals surface area contributed by atoms with Gasteiger partial charge < -0.3 is 0 Å². The van der Waals surface area contributed by atoms with Gasteiger partial charge in [0.1, 0.15) is 5.78 Å². The Morgan fingerprint density at radius 2 is 1.78 bits per heavy atom. The van der Waals surface area contributed by atoms with Crippen LogP contribution in [0.4, 0.5) is 0 Å². The molecule has 0 radical (unpaired) electrons.